The summed E-state index contributed by atoms with van der Waals surface area (Å²) in [6, 6.07) is 11.8. The first kappa shape index (κ1) is 18.7. The SMILES string of the molecule is CSc1ccc(-c2nc(CSCC(=O)NCc3ccco3)c(C)o2)cc1. The molecule has 0 aliphatic rings. The van der Waals surface area contributed by atoms with Crippen LogP contribution in [0, 0.1) is 6.92 Å². The molecule has 0 aliphatic carbocycles. The second-order valence-electron chi connectivity index (χ2n) is 5.60. The number of rotatable bonds is 8. The molecule has 0 saturated carbocycles. The van der Waals surface area contributed by atoms with Crippen LogP contribution >= 0.6 is 23.5 Å². The molecule has 1 amide bonds. The van der Waals surface area contributed by atoms with Gasteiger partial charge >= 0.3 is 0 Å². The van der Waals surface area contributed by atoms with Crippen LogP contribution in [-0.4, -0.2) is 22.9 Å². The molecule has 0 bridgehead atoms. The van der Waals surface area contributed by atoms with Crippen molar-refractivity contribution in [2.45, 2.75) is 24.1 Å². The molecule has 3 aromatic rings. The fraction of sp³-hybridized carbons (Fsp3) is 0.263. The van der Waals surface area contributed by atoms with E-state index in [0.717, 1.165) is 22.8 Å². The van der Waals surface area contributed by atoms with Crippen LogP contribution in [0.1, 0.15) is 17.2 Å². The van der Waals surface area contributed by atoms with Gasteiger partial charge in [0, 0.05) is 16.2 Å². The van der Waals surface area contributed by atoms with E-state index in [4.69, 9.17) is 8.83 Å². The first-order valence-electron chi connectivity index (χ1n) is 8.13. The van der Waals surface area contributed by atoms with Crippen molar-refractivity contribution in [2.75, 3.05) is 12.0 Å². The van der Waals surface area contributed by atoms with Crippen molar-refractivity contribution in [3.8, 4) is 11.5 Å². The van der Waals surface area contributed by atoms with Crippen molar-refractivity contribution in [3.63, 3.8) is 0 Å². The Labute approximate surface area is 161 Å². The summed E-state index contributed by atoms with van der Waals surface area (Å²) >= 11 is 3.21. The van der Waals surface area contributed by atoms with E-state index in [1.165, 1.54) is 16.7 Å². The van der Waals surface area contributed by atoms with Gasteiger partial charge in [-0.05, 0) is 49.6 Å². The Balaban J connectivity index is 1.50. The van der Waals surface area contributed by atoms with Crippen molar-refractivity contribution < 1.29 is 13.6 Å². The predicted molar refractivity (Wildman–Crippen MR) is 105 cm³/mol. The minimum atomic E-state index is -0.0274. The molecule has 2 aromatic heterocycles. The number of nitrogens with zero attached hydrogens (tertiary/aromatic N) is 1. The number of hydrogen-bond donors (Lipinski definition) is 1. The zero-order chi connectivity index (χ0) is 18.4. The lowest BCUT2D eigenvalue weighted by atomic mass is 10.2. The number of aryl methyl sites for hydroxylation is 1. The molecule has 0 fully saturated rings. The highest BCUT2D eigenvalue weighted by Crippen LogP contribution is 2.26. The highest BCUT2D eigenvalue weighted by Gasteiger charge is 2.12. The molecule has 0 unspecified atom stereocenters. The molecule has 0 atom stereocenters. The Hall–Kier alpha value is -2.12. The normalized spacial score (nSPS) is 10.8. The van der Waals surface area contributed by atoms with Crippen molar-refractivity contribution in [1.29, 1.82) is 0 Å². The van der Waals surface area contributed by atoms with Crippen LogP contribution in [0.4, 0.5) is 0 Å². The zero-order valence-electron chi connectivity index (χ0n) is 14.7. The third kappa shape index (κ3) is 4.95. The maximum Gasteiger partial charge on any atom is 0.230 e. The van der Waals surface area contributed by atoms with Gasteiger partial charge in [0.05, 0.1) is 24.3 Å². The molecule has 26 heavy (non-hydrogen) atoms. The summed E-state index contributed by atoms with van der Waals surface area (Å²) in [6.45, 7) is 2.31. The van der Waals surface area contributed by atoms with E-state index in [1.807, 2.05) is 31.4 Å². The summed E-state index contributed by atoms with van der Waals surface area (Å²) < 4.78 is 11.0. The molecular weight excluding hydrogens is 368 g/mol. The number of carbonyl (C=O) groups is 1. The smallest absolute Gasteiger partial charge is 0.230 e. The minimum absolute atomic E-state index is 0.0274. The Bertz CT molecular complexity index is 842. The average Bonchev–Trinajstić information content (AvgIpc) is 3.30. The molecule has 0 aliphatic heterocycles. The van der Waals surface area contributed by atoms with E-state index in [1.54, 1.807) is 24.1 Å². The lowest BCUT2D eigenvalue weighted by Gasteiger charge is -2.02. The number of amides is 1. The maximum absolute atomic E-state index is 11.9. The van der Waals surface area contributed by atoms with Gasteiger partial charge in [0.25, 0.3) is 0 Å². The van der Waals surface area contributed by atoms with Gasteiger partial charge in [-0.25, -0.2) is 4.98 Å². The standard InChI is InChI=1S/C19H20N2O3S2/c1-13-17(11-26-12-18(22)20-10-15-4-3-9-23-15)21-19(24-13)14-5-7-16(25-2)8-6-14/h3-9H,10-12H2,1-2H3,(H,20,22). The van der Waals surface area contributed by atoms with Crippen molar-refractivity contribution >= 4 is 29.4 Å². The van der Waals surface area contributed by atoms with E-state index in [2.05, 4.69) is 22.4 Å². The fourth-order valence-corrected chi connectivity index (χ4v) is 3.57. The number of furan rings is 1. The number of aromatic nitrogens is 1. The molecule has 0 saturated heterocycles. The Morgan fingerprint density at radius 3 is 2.73 bits per heavy atom. The van der Waals surface area contributed by atoms with Crippen molar-refractivity contribution in [1.82, 2.24) is 10.3 Å². The third-order valence-corrected chi connectivity index (χ3v) is 5.43. The van der Waals surface area contributed by atoms with Crippen molar-refractivity contribution in [2.24, 2.45) is 0 Å². The summed E-state index contributed by atoms with van der Waals surface area (Å²) in [5.74, 6) is 3.12. The zero-order valence-corrected chi connectivity index (χ0v) is 16.3. The van der Waals surface area contributed by atoms with Crippen LogP contribution in [0.25, 0.3) is 11.5 Å². The van der Waals surface area contributed by atoms with Crippen LogP contribution in [0.2, 0.25) is 0 Å². The molecule has 0 radical (unpaired) electrons. The average molecular weight is 389 g/mol. The molecule has 136 valence electrons. The van der Waals surface area contributed by atoms with Gasteiger partial charge in [-0.1, -0.05) is 0 Å². The summed E-state index contributed by atoms with van der Waals surface area (Å²) in [5, 5.41) is 2.83. The van der Waals surface area contributed by atoms with Gasteiger partial charge in [0.15, 0.2) is 0 Å². The molecule has 1 aromatic carbocycles. The van der Waals surface area contributed by atoms with Crippen molar-refractivity contribution in [3.05, 3.63) is 59.9 Å². The molecule has 0 spiro atoms. The van der Waals surface area contributed by atoms with E-state index >= 15 is 0 Å². The van der Waals surface area contributed by atoms with Gasteiger partial charge in [0.1, 0.15) is 11.5 Å². The number of hydrogen-bond acceptors (Lipinski definition) is 6. The topological polar surface area (TPSA) is 68.3 Å². The van der Waals surface area contributed by atoms with Crippen LogP contribution in [0.5, 0.6) is 0 Å². The molecule has 2 heterocycles. The second-order valence-corrected chi connectivity index (χ2v) is 7.46. The Kier molecular flexibility index (Phi) is 6.46. The maximum atomic E-state index is 11.9. The first-order valence-corrected chi connectivity index (χ1v) is 10.5. The lowest BCUT2D eigenvalue weighted by molar-refractivity contribution is -0.118. The van der Waals surface area contributed by atoms with Gasteiger partial charge in [-0.15, -0.1) is 23.5 Å². The Morgan fingerprint density at radius 1 is 1.23 bits per heavy atom. The van der Waals surface area contributed by atoms with E-state index in [0.29, 0.717) is 23.9 Å². The van der Waals surface area contributed by atoms with E-state index in [-0.39, 0.29) is 5.91 Å². The number of nitrogens with one attached hydrogen (secondary N) is 1. The predicted octanol–water partition coefficient (Wildman–Crippen LogP) is 4.51. The number of carbonyl (C=O) groups excluding carboxylic acids is 1. The highest BCUT2D eigenvalue weighted by molar-refractivity contribution is 7.99. The molecule has 3 rings (SSSR count). The third-order valence-electron chi connectivity index (χ3n) is 3.74. The van der Waals surface area contributed by atoms with Gasteiger partial charge < -0.3 is 14.2 Å². The summed E-state index contributed by atoms with van der Waals surface area (Å²) in [4.78, 5) is 17.7. The monoisotopic (exact) mass is 388 g/mol. The first-order chi connectivity index (χ1) is 12.7. The largest absolute Gasteiger partial charge is 0.467 e. The van der Waals surface area contributed by atoms with Crippen LogP contribution in [0.3, 0.4) is 0 Å². The fourth-order valence-electron chi connectivity index (χ4n) is 2.31. The van der Waals surface area contributed by atoms with E-state index < -0.39 is 0 Å². The quantitative estimate of drug-likeness (QED) is 0.573. The number of oxazole rings is 1. The van der Waals surface area contributed by atoms with Crippen LogP contribution in [0.15, 0.2) is 56.4 Å². The number of thioether (sulfide) groups is 2. The highest BCUT2D eigenvalue weighted by atomic mass is 32.2. The van der Waals surface area contributed by atoms with Crippen LogP contribution in [-0.2, 0) is 17.1 Å². The molecule has 1 N–H and O–H groups in total. The summed E-state index contributed by atoms with van der Waals surface area (Å²) in [6.07, 6.45) is 3.64. The van der Waals surface area contributed by atoms with Gasteiger partial charge in [0.2, 0.25) is 11.8 Å². The van der Waals surface area contributed by atoms with Gasteiger partial charge in [-0.3, -0.25) is 4.79 Å². The molecule has 7 heteroatoms. The summed E-state index contributed by atoms with van der Waals surface area (Å²) in [5.41, 5.74) is 1.83. The molecular formula is C19H20N2O3S2. The van der Waals surface area contributed by atoms with E-state index in [9.17, 15) is 4.79 Å². The second kappa shape index (κ2) is 9.00. The van der Waals surface area contributed by atoms with Crippen LogP contribution < -0.4 is 5.32 Å². The lowest BCUT2D eigenvalue weighted by Crippen LogP contribution is -2.24. The Morgan fingerprint density at radius 2 is 2.04 bits per heavy atom. The number of benzene rings is 1. The van der Waals surface area contributed by atoms with Gasteiger partial charge in [-0.2, -0.15) is 0 Å². The summed E-state index contributed by atoms with van der Waals surface area (Å²) in [7, 11) is 0. The molecule has 5 nitrogen and oxygen atoms in total. The minimum Gasteiger partial charge on any atom is -0.467 e.